The molecule has 3 N–H and O–H groups in total. The fourth-order valence-corrected chi connectivity index (χ4v) is 2.10. The Hall–Kier alpha value is -1.75. The molecule has 2 aromatic rings. The Morgan fingerprint density at radius 1 is 1.47 bits per heavy atom. The lowest BCUT2D eigenvalue weighted by molar-refractivity contribution is 0.415. The van der Waals surface area contributed by atoms with Crippen LogP contribution in [0.25, 0.3) is 0 Å². The Bertz CT molecular complexity index is 510. The molecule has 0 spiro atoms. The summed E-state index contributed by atoms with van der Waals surface area (Å²) in [7, 11) is 1.64. The number of benzene rings is 1. The van der Waals surface area contributed by atoms with E-state index in [9.17, 15) is 0 Å². The maximum absolute atomic E-state index is 5.88. The van der Waals surface area contributed by atoms with Crippen molar-refractivity contribution in [1.82, 2.24) is 4.98 Å². The van der Waals surface area contributed by atoms with Crippen LogP contribution in [0.2, 0.25) is 0 Å². The van der Waals surface area contributed by atoms with Gasteiger partial charge >= 0.3 is 0 Å². The molecule has 17 heavy (non-hydrogen) atoms. The minimum Gasteiger partial charge on any atom is -0.497 e. The topological polar surface area (TPSA) is 60.2 Å². The smallest absolute Gasteiger partial charge is 0.121 e. The van der Waals surface area contributed by atoms with Crippen molar-refractivity contribution < 1.29 is 4.74 Å². The number of nitrogens with one attached hydrogen (secondary N) is 1. The van der Waals surface area contributed by atoms with Gasteiger partial charge in [0.2, 0.25) is 0 Å². The monoisotopic (exact) mass is 249 g/mol. The number of aromatic nitrogens is 1. The number of anilines is 2. The molecule has 5 heteroatoms. The highest BCUT2D eigenvalue weighted by atomic mass is 32.1. The number of rotatable bonds is 4. The zero-order valence-electron chi connectivity index (χ0n) is 9.86. The molecule has 0 atom stereocenters. The van der Waals surface area contributed by atoms with Gasteiger partial charge in [0.25, 0.3) is 0 Å². The summed E-state index contributed by atoms with van der Waals surface area (Å²) in [4.78, 5) is 4.38. The van der Waals surface area contributed by atoms with Gasteiger partial charge in [-0.2, -0.15) is 0 Å². The van der Waals surface area contributed by atoms with Crippen LogP contribution in [0.3, 0.4) is 0 Å². The van der Waals surface area contributed by atoms with E-state index in [4.69, 9.17) is 10.5 Å². The average molecular weight is 249 g/mol. The van der Waals surface area contributed by atoms with Crippen LogP contribution in [0.5, 0.6) is 5.75 Å². The summed E-state index contributed by atoms with van der Waals surface area (Å²) < 4.78 is 5.16. The van der Waals surface area contributed by atoms with Crippen molar-refractivity contribution in [2.75, 3.05) is 18.2 Å². The zero-order valence-corrected chi connectivity index (χ0v) is 10.7. The van der Waals surface area contributed by atoms with Gasteiger partial charge in [0.05, 0.1) is 35.7 Å². The van der Waals surface area contributed by atoms with Crippen LogP contribution in [0.15, 0.2) is 23.6 Å². The van der Waals surface area contributed by atoms with E-state index >= 15 is 0 Å². The lowest BCUT2D eigenvalue weighted by atomic mass is 10.2. The third-order valence-corrected chi connectivity index (χ3v) is 3.21. The van der Waals surface area contributed by atoms with Crippen LogP contribution < -0.4 is 15.8 Å². The van der Waals surface area contributed by atoms with E-state index in [1.807, 2.05) is 30.5 Å². The van der Waals surface area contributed by atoms with E-state index in [0.717, 1.165) is 22.1 Å². The van der Waals surface area contributed by atoms with Crippen LogP contribution in [-0.2, 0) is 6.54 Å². The molecule has 0 aliphatic carbocycles. The lowest BCUT2D eigenvalue weighted by Crippen LogP contribution is -2.03. The Kier molecular flexibility index (Phi) is 3.49. The van der Waals surface area contributed by atoms with Crippen LogP contribution in [0.4, 0.5) is 11.4 Å². The average Bonchev–Trinajstić information content (AvgIpc) is 2.74. The van der Waals surface area contributed by atoms with Crippen molar-refractivity contribution in [3.05, 3.63) is 34.3 Å². The quantitative estimate of drug-likeness (QED) is 0.818. The molecule has 0 amide bonds. The van der Waals surface area contributed by atoms with E-state index in [1.54, 1.807) is 18.4 Å². The minimum absolute atomic E-state index is 0.668. The number of nitrogen functional groups attached to an aromatic ring is 1. The van der Waals surface area contributed by atoms with Gasteiger partial charge in [0, 0.05) is 11.4 Å². The van der Waals surface area contributed by atoms with Gasteiger partial charge in [-0.1, -0.05) is 0 Å². The predicted octanol–water partition coefficient (Wildman–Crippen LogP) is 2.65. The molecular formula is C12H15N3OS. The van der Waals surface area contributed by atoms with Crippen molar-refractivity contribution in [2.24, 2.45) is 0 Å². The molecule has 0 aliphatic rings. The number of hydrogen-bond donors (Lipinski definition) is 2. The summed E-state index contributed by atoms with van der Waals surface area (Å²) in [5.74, 6) is 0.788. The highest BCUT2D eigenvalue weighted by molar-refractivity contribution is 7.09. The van der Waals surface area contributed by atoms with Gasteiger partial charge in [0.1, 0.15) is 5.75 Å². The van der Waals surface area contributed by atoms with Gasteiger partial charge in [0.15, 0.2) is 0 Å². The van der Waals surface area contributed by atoms with E-state index in [1.165, 1.54) is 0 Å². The molecule has 4 nitrogen and oxygen atoms in total. The van der Waals surface area contributed by atoms with Crippen molar-refractivity contribution >= 4 is 22.7 Å². The van der Waals surface area contributed by atoms with Crippen molar-refractivity contribution in [3.8, 4) is 5.75 Å². The second-order valence-electron chi connectivity index (χ2n) is 3.66. The lowest BCUT2D eigenvalue weighted by Gasteiger charge is -2.09. The van der Waals surface area contributed by atoms with Gasteiger partial charge in [-0.25, -0.2) is 4.98 Å². The largest absolute Gasteiger partial charge is 0.497 e. The van der Waals surface area contributed by atoms with Crippen molar-refractivity contribution in [2.45, 2.75) is 13.5 Å². The molecule has 1 aromatic carbocycles. The Morgan fingerprint density at radius 3 is 2.94 bits per heavy atom. The van der Waals surface area contributed by atoms with Crippen LogP contribution in [0, 0.1) is 6.92 Å². The standard InChI is InChI=1S/C12H15N3OS/c1-8-15-9(7-17-8)6-14-12-5-10(16-2)3-4-11(12)13/h3-5,7,14H,6,13H2,1-2H3. The highest BCUT2D eigenvalue weighted by Gasteiger charge is 2.03. The predicted molar refractivity (Wildman–Crippen MR) is 71.6 cm³/mol. The fraction of sp³-hybridized carbons (Fsp3) is 0.250. The SMILES string of the molecule is COc1ccc(N)c(NCc2csc(C)n2)c1. The first-order chi connectivity index (χ1) is 8.19. The molecule has 2 rings (SSSR count). The van der Waals surface area contributed by atoms with E-state index in [-0.39, 0.29) is 0 Å². The summed E-state index contributed by atoms with van der Waals surface area (Å²) in [6.45, 7) is 2.66. The molecule has 1 heterocycles. The first kappa shape index (κ1) is 11.7. The van der Waals surface area contributed by atoms with Gasteiger partial charge in [-0.15, -0.1) is 11.3 Å². The molecule has 1 aromatic heterocycles. The van der Waals surface area contributed by atoms with Crippen LogP contribution in [-0.4, -0.2) is 12.1 Å². The number of thiazole rings is 1. The number of nitrogens with zero attached hydrogens (tertiary/aromatic N) is 1. The third-order valence-electron chi connectivity index (χ3n) is 2.39. The van der Waals surface area contributed by atoms with E-state index in [2.05, 4.69) is 10.3 Å². The Labute approximate surface area is 104 Å². The molecule has 0 fully saturated rings. The van der Waals surface area contributed by atoms with E-state index < -0.39 is 0 Å². The van der Waals surface area contributed by atoms with Gasteiger partial charge < -0.3 is 15.8 Å². The molecule has 0 aliphatic heterocycles. The third kappa shape index (κ3) is 2.88. The number of aryl methyl sites for hydroxylation is 1. The summed E-state index contributed by atoms with van der Waals surface area (Å²) >= 11 is 1.64. The zero-order chi connectivity index (χ0) is 12.3. The van der Waals surface area contributed by atoms with Crippen LogP contribution in [0.1, 0.15) is 10.7 Å². The molecule has 0 saturated heterocycles. The maximum atomic E-state index is 5.88. The Balaban J connectivity index is 2.07. The minimum atomic E-state index is 0.668. The second kappa shape index (κ2) is 5.05. The molecule has 0 bridgehead atoms. The molecule has 90 valence electrons. The van der Waals surface area contributed by atoms with Gasteiger partial charge in [-0.05, 0) is 19.1 Å². The summed E-state index contributed by atoms with van der Waals surface area (Å²) in [5, 5.41) is 6.37. The number of methoxy groups -OCH3 is 1. The van der Waals surface area contributed by atoms with E-state index in [0.29, 0.717) is 12.2 Å². The first-order valence-electron chi connectivity index (χ1n) is 5.27. The fourth-order valence-electron chi connectivity index (χ4n) is 1.49. The molecule has 0 unspecified atom stereocenters. The summed E-state index contributed by atoms with van der Waals surface area (Å²) in [5.41, 5.74) is 8.48. The van der Waals surface area contributed by atoms with Crippen molar-refractivity contribution in [1.29, 1.82) is 0 Å². The Morgan fingerprint density at radius 2 is 2.29 bits per heavy atom. The molecule has 0 radical (unpaired) electrons. The number of nitrogens with two attached hydrogens (primary N) is 1. The summed E-state index contributed by atoms with van der Waals surface area (Å²) in [6.07, 6.45) is 0. The normalized spacial score (nSPS) is 10.2. The second-order valence-corrected chi connectivity index (χ2v) is 4.73. The van der Waals surface area contributed by atoms with Gasteiger partial charge in [-0.3, -0.25) is 0 Å². The highest BCUT2D eigenvalue weighted by Crippen LogP contribution is 2.24. The maximum Gasteiger partial charge on any atom is 0.121 e. The van der Waals surface area contributed by atoms with Crippen molar-refractivity contribution in [3.63, 3.8) is 0 Å². The van der Waals surface area contributed by atoms with Crippen LogP contribution >= 0.6 is 11.3 Å². The first-order valence-corrected chi connectivity index (χ1v) is 6.15. The number of ether oxygens (including phenoxy) is 1. The molecule has 0 saturated carbocycles. The summed E-state index contributed by atoms with van der Waals surface area (Å²) in [6, 6.07) is 5.55. The molecular weight excluding hydrogens is 234 g/mol. The number of hydrogen-bond acceptors (Lipinski definition) is 5.